The molecule has 0 radical (unpaired) electrons. The number of carbonyl (C=O) groups excluding carboxylic acids is 2. The minimum atomic E-state index is -3.08. The van der Waals surface area contributed by atoms with Crippen LogP contribution in [0.4, 0.5) is 8.78 Å². The van der Waals surface area contributed by atoms with Crippen LogP contribution in [0, 0.1) is 23.7 Å². The van der Waals surface area contributed by atoms with E-state index in [-0.39, 0.29) is 23.9 Å². The zero-order valence-corrected chi connectivity index (χ0v) is 10.8. The first-order valence-electron chi connectivity index (χ1n) is 6.58. The standard InChI is InChI=1S/C13H16F2O4/c1-5(13(2,14)15)18-11(16)9-6-3-7-8(4-6)19-12(17)10(7)9/h5-10H,3-4H2,1-2H3. The highest BCUT2D eigenvalue weighted by Gasteiger charge is 2.64. The van der Waals surface area contributed by atoms with Gasteiger partial charge >= 0.3 is 11.9 Å². The Balaban J connectivity index is 1.73. The second-order valence-electron chi connectivity index (χ2n) is 5.96. The number of rotatable bonds is 3. The SMILES string of the molecule is CC(OC(=O)C1C2CC3OC(=O)C1C3C2)C(C)(F)F. The molecule has 1 heterocycles. The van der Waals surface area contributed by atoms with Gasteiger partial charge in [-0.2, -0.15) is 0 Å². The lowest BCUT2D eigenvalue weighted by Crippen LogP contribution is -2.39. The van der Waals surface area contributed by atoms with Crippen LogP contribution < -0.4 is 0 Å². The number of ether oxygens (including phenoxy) is 2. The van der Waals surface area contributed by atoms with Gasteiger partial charge in [-0.3, -0.25) is 9.59 Å². The minimum Gasteiger partial charge on any atom is -0.462 e. The molecule has 2 bridgehead atoms. The van der Waals surface area contributed by atoms with E-state index in [2.05, 4.69) is 0 Å². The van der Waals surface area contributed by atoms with Gasteiger partial charge in [0.15, 0.2) is 6.10 Å². The van der Waals surface area contributed by atoms with Crippen LogP contribution in [0.2, 0.25) is 0 Å². The Labute approximate surface area is 109 Å². The van der Waals surface area contributed by atoms with Crippen molar-refractivity contribution in [1.82, 2.24) is 0 Å². The van der Waals surface area contributed by atoms with Gasteiger partial charge < -0.3 is 9.47 Å². The third-order valence-electron chi connectivity index (χ3n) is 4.76. The zero-order valence-electron chi connectivity index (χ0n) is 10.8. The number of halogens is 2. The van der Waals surface area contributed by atoms with E-state index in [0.29, 0.717) is 13.3 Å². The fourth-order valence-electron chi connectivity index (χ4n) is 3.68. The van der Waals surface area contributed by atoms with E-state index in [1.807, 2.05) is 0 Å². The van der Waals surface area contributed by atoms with Crippen molar-refractivity contribution in [1.29, 1.82) is 0 Å². The van der Waals surface area contributed by atoms with Crippen LogP contribution in [-0.2, 0) is 19.1 Å². The van der Waals surface area contributed by atoms with Gasteiger partial charge in [0.1, 0.15) is 6.10 Å². The molecule has 3 rings (SSSR count). The van der Waals surface area contributed by atoms with E-state index in [1.54, 1.807) is 0 Å². The average molecular weight is 274 g/mol. The number of esters is 2. The van der Waals surface area contributed by atoms with E-state index in [1.165, 1.54) is 6.92 Å². The maximum atomic E-state index is 13.0. The Morgan fingerprint density at radius 3 is 2.79 bits per heavy atom. The highest BCUT2D eigenvalue weighted by atomic mass is 19.3. The summed E-state index contributed by atoms with van der Waals surface area (Å²) in [4.78, 5) is 23.8. The summed E-state index contributed by atoms with van der Waals surface area (Å²) >= 11 is 0. The Kier molecular flexibility index (Phi) is 2.63. The molecule has 2 aliphatic carbocycles. The molecule has 0 aromatic carbocycles. The molecule has 1 aliphatic heterocycles. The van der Waals surface area contributed by atoms with Gasteiger partial charge in [-0.15, -0.1) is 0 Å². The summed E-state index contributed by atoms with van der Waals surface area (Å²) in [6, 6.07) is 0. The lowest BCUT2D eigenvalue weighted by atomic mass is 9.80. The summed E-state index contributed by atoms with van der Waals surface area (Å²) in [6.45, 7) is 1.88. The monoisotopic (exact) mass is 274 g/mol. The molecule has 0 spiro atoms. The summed E-state index contributed by atoms with van der Waals surface area (Å²) in [5.74, 6) is -5.08. The highest BCUT2D eigenvalue weighted by molar-refractivity contribution is 5.85. The fourth-order valence-corrected chi connectivity index (χ4v) is 3.68. The van der Waals surface area contributed by atoms with Gasteiger partial charge in [0.25, 0.3) is 5.92 Å². The third-order valence-corrected chi connectivity index (χ3v) is 4.76. The van der Waals surface area contributed by atoms with Crippen molar-refractivity contribution in [3.8, 4) is 0 Å². The molecule has 1 saturated heterocycles. The molecule has 0 amide bonds. The largest absolute Gasteiger partial charge is 0.462 e. The van der Waals surface area contributed by atoms with Crippen molar-refractivity contribution in [3.05, 3.63) is 0 Å². The fraction of sp³-hybridized carbons (Fsp3) is 0.846. The van der Waals surface area contributed by atoms with Crippen molar-refractivity contribution < 1.29 is 27.8 Å². The molecule has 0 aromatic heterocycles. The number of fused-ring (bicyclic) bond motifs is 1. The van der Waals surface area contributed by atoms with Crippen LogP contribution in [0.3, 0.4) is 0 Å². The quantitative estimate of drug-likeness (QED) is 0.736. The Morgan fingerprint density at radius 1 is 1.47 bits per heavy atom. The molecule has 4 nitrogen and oxygen atoms in total. The lowest BCUT2D eigenvalue weighted by Gasteiger charge is -2.26. The topological polar surface area (TPSA) is 52.6 Å². The van der Waals surface area contributed by atoms with Crippen LogP contribution in [0.1, 0.15) is 26.7 Å². The first-order chi connectivity index (χ1) is 8.79. The van der Waals surface area contributed by atoms with Crippen molar-refractivity contribution in [2.24, 2.45) is 23.7 Å². The minimum absolute atomic E-state index is 0.0385. The van der Waals surface area contributed by atoms with Gasteiger partial charge in [0.05, 0.1) is 11.8 Å². The summed E-state index contributed by atoms with van der Waals surface area (Å²) in [5.41, 5.74) is 0. The third kappa shape index (κ3) is 1.83. The Bertz CT molecular complexity index is 429. The van der Waals surface area contributed by atoms with Gasteiger partial charge in [0, 0.05) is 12.8 Å². The second kappa shape index (κ2) is 3.90. The van der Waals surface area contributed by atoms with Crippen molar-refractivity contribution >= 4 is 11.9 Å². The van der Waals surface area contributed by atoms with Gasteiger partial charge in [-0.1, -0.05) is 0 Å². The van der Waals surface area contributed by atoms with Crippen LogP contribution >= 0.6 is 0 Å². The van der Waals surface area contributed by atoms with Crippen LogP contribution in [0.15, 0.2) is 0 Å². The molecule has 106 valence electrons. The highest BCUT2D eigenvalue weighted by Crippen LogP contribution is 2.58. The molecule has 3 aliphatic rings. The molecule has 6 heteroatoms. The van der Waals surface area contributed by atoms with Crippen LogP contribution in [0.25, 0.3) is 0 Å². The lowest BCUT2D eigenvalue weighted by molar-refractivity contribution is -0.176. The first kappa shape index (κ1) is 12.8. The van der Waals surface area contributed by atoms with Crippen molar-refractivity contribution in [3.63, 3.8) is 0 Å². The summed E-state index contributed by atoms with van der Waals surface area (Å²) in [6.07, 6.45) is -0.134. The molecule has 6 atom stereocenters. The van der Waals surface area contributed by atoms with E-state index in [4.69, 9.17) is 9.47 Å². The number of alkyl halides is 2. The second-order valence-corrected chi connectivity index (χ2v) is 5.96. The number of hydrogen-bond acceptors (Lipinski definition) is 4. The number of hydrogen-bond donors (Lipinski definition) is 0. The van der Waals surface area contributed by atoms with Crippen LogP contribution in [0.5, 0.6) is 0 Å². The van der Waals surface area contributed by atoms with E-state index in [9.17, 15) is 18.4 Å². The maximum Gasteiger partial charge on any atom is 0.310 e. The first-order valence-corrected chi connectivity index (χ1v) is 6.58. The van der Waals surface area contributed by atoms with Crippen molar-refractivity contribution in [2.75, 3.05) is 0 Å². The molecule has 19 heavy (non-hydrogen) atoms. The summed E-state index contributed by atoms with van der Waals surface area (Å²) in [5, 5.41) is 0. The predicted octanol–water partition coefficient (Wildman–Crippen LogP) is 1.77. The van der Waals surface area contributed by atoms with Gasteiger partial charge in [0.2, 0.25) is 0 Å². The Hall–Kier alpha value is -1.20. The van der Waals surface area contributed by atoms with Crippen molar-refractivity contribution in [2.45, 2.75) is 44.8 Å². The Morgan fingerprint density at radius 2 is 2.16 bits per heavy atom. The van der Waals surface area contributed by atoms with E-state index in [0.717, 1.165) is 6.42 Å². The molecule has 6 unspecified atom stereocenters. The molecular weight excluding hydrogens is 258 g/mol. The van der Waals surface area contributed by atoms with E-state index >= 15 is 0 Å². The smallest absolute Gasteiger partial charge is 0.310 e. The predicted molar refractivity (Wildman–Crippen MR) is 59.2 cm³/mol. The average Bonchev–Trinajstić information content (AvgIpc) is 2.87. The molecule has 0 aromatic rings. The molecule has 3 fully saturated rings. The van der Waals surface area contributed by atoms with Gasteiger partial charge in [-0.25, -0.2) is 8.78 Å². The van der Waals surface area contributed by atoms with Crippen LogP contribution in [-0.4, -0.2) is 30.1 Å². The van der Waals surface area contributed by atoms with Gasteiger partial charge in [-0.05, 0) is 25.7 Å². The number of carbonyl (C=O) groups is 2. The summed E-state index contributed by atoms with van der Waals surface area (Å²) in [7, 11) is 0. The normalized spacial score (nSPS) is 41.3. The summed E-state index contributed by atoms with van der Waals surface area (Å²) < 4.78 is 36.1. The molecule has 2 saturated carbocycles. The molecule has 0 N–H and O–H groups in total. The molecular formula is C13H16F2O4. The van der Waals surface area contributed by atoms with E-state index < -0.39 is 29.8 Å². The zero-order chi connectivity index (χ0) is 13.9. The maximum absolute atomic E-state index is 13.0.